The molecule has 0 saturated heterocycles. The van der Waals surface area contributed by atoms with Gasteiger partial charge in [0.2, 0.25) is 5.91 Å². The number of nitrogens with zero attached hydrogens (tertiary/aromatic N) is 1. The summed E-state index contributed by atoms with van der Waals surface area (Å²) in [6, 6.07) is 6.98. The number of hydrogen-bond acceptors (Lipinski definition) is 3. The summed E-state index contributed by atoms with van der Waals surface area (Å²) >= 11 is 4.47. The maximum Gasteiger partial charge on any atom is 0.247 e. The average molecular weight is 204 g/mol. The topological polar surface area (TPSA) is 41.5 Å². The molecule has 4 heteroatoms. The van der Waals surface area contributed by atoms with Crippen molar-refractivity contribution in [1.82, 2.24) is 0 Å². The number of carbonyl (C=O) groups excluding carboxylic acids is 1. The van der Waals surface area contributed by atoms with E-state index in [1.165, 1.54) is 6.08 Å². The lowest BCUT2D eigenvalue weighted by atomic mass is 10.3. The van der Waals surface area contributed by atoms with Crippen LogP contribution >= 0.6 is 12.2 Å². The van der Waals surface area contributed by atoms with Crippen LogP contribution in [0.3, 0.4) is 0 Å². The van der Waals surface area contributed by atoms with Crippen LogP contribution < -0.4 is 5.32 Å². The van der Waals surface area contributed by atoms with Gasteiger partial charge in [0.25, 0.3) is 0 Å². The van der Waals surface area contributed by atoms with Crippen molar-refractivity contribution < 1.29 is 4.79 Å². The van der Waals surface area contributed by atoms with Crippen molar-refractivity contribution in [3.63, 3.8) is 0 Å². The van der Waals surface area contributed by atoms with E-state index in [2.05, 4.69) is 34.3 Å². The Balaban J connectivity index is 2.88. The molecule has 0 atom stereocenters. The molecule has 0 spiro atoms. The lowest BCUT2D eigenvalue weighted by molar-refractivity contribution is -0.111. The molecular formula is C10H8N2OS. The lowest BCUT2D eigenvalue weighted by Gasteiger charge is -2.01. The molecule has 0 heterocycles. The Bertz CT molecular complexity index is 408. The fourth-order valence-electron chi connectivity index (χ4n) is 0.899. The first-order valence-electron chi connectivity index (χ1n) is 3.87. The zero-order valence-corrected chi connectivity index (χ0v) is 8.17. The van der Waals surface area contributed by atoms with Gasteiger partial charge in [0.15, 0.2) is 0 Å². The third kappa shape index (κ3) is 2.94. The maximum absolute atomic E-state index is 11.0. The van der Waals surface area contributed by atoms with Gasteiger partial charge < -0.3 is 5.32 Å². The molecule has 14 heavy (non-hydrogen) atoms. The highest BCUT2D eigenvalue weighted by atomic mass is 32.1. The Morgan fingerprint density at radius 1 is 1.64 bits per heavy atom. The van der Waals surface area contributed by atoms with E-state index < -0.39 is 0 Å². The molecule has 1 N–H and O–H groups in total. The molecule has 3 nitrogen and oxygen atoms in total. The SMILES string of the molecule is C=CC(=O)Nc1cccc(N=C=S)c1. The molecule has 0 fully saturated rings. The van der Waals surface area contributed by atoms with Crippen LogP contribution in [0.2, 0.25) is 0 Å². The molecule has 0 aliphatic heterocycles. The van der Waals surface area contributed by atoms with Crippen molar-refractivity contribution in [1.29, 1.82) is 0 Å². The first kappa shape index (κ1) is 10.3. The smallest absolute Gasteiger partial charge is 0.247 e. The number of hydrogen-bond donors (Lipinski definition) is 1. The maximum atomic E-state index is 11.0. The van der Waals surface area contributed by atoms with Gasteiger partial charge in [-0.05, 0) is 36.5 Å². The van der Waals surface area contributed by atoms with E-state index in [0.717, 1.165) is 0 Å². The standard InChI is InChI=1S/C10H8N2OS/c1-2-10(13)12-9-5-3-4-8(6-9)11-7-14/h2-6H,1H2,(H,12,13). The highest BCUT2D eigenvalue weighted by Crippen LogP contribution is 2.17. The van der Waals surface area contributed by atoms with Crippen LogP contribution in [0.1, 0.15) is 0 Å². The summed E-state index contributed by atoms with van der Waals surface area (Å²) in [7, 11) is 0. The largest absolute Gasteiger partial charge is 0.322 e. The van der Waals surface area contributed by atoms with E-state index in [-0.39, 0.29) is 5.91 Å². The zero-order chi connectivity index (χ0) is 10.4. The third-order valence-corrected chi connectivity index (χ3v) is 1.57. The Morgan fingerprint density at radius 3 is 3.07 bits per heavy atom. The Labute approximate surface area is 87.2 Å². The van der Waals surface area contributed by atoms with Gasteiger partial charge in [-0.1, -0.05) is 12.6 Å². The zero-order valence-electron chi connectivity index (χ0n) is 7.36. The molecule has 0 aliphatic carbocycles. The molecule has 1 amide bonds. The first-order valence-corrected chi connectivity index (χ1v) is 4.28. The van der Waals surface area contributed by atoms with Crippen LogP contribution in [0, 0.1) is 0 Å². The highest BCUT2D eigenvalue weighted by Gasteiger charge is 1.96. The second-order valence-corrected chi connectivity index (χ2v) is 2.63. The fraction of sp³-hybridized carbons (Fsp3) is 0. The number of aliphatic imine (C=N–C) groups is 1. The predicted molar refractivity (Wildman–Crippen MR) is 60.0 cm³/mol. The number of amides is 1. The normalized spacial score (nSPS) is 8.57. The van der Waals surface area contributed by atoms with Crippen molar-refractivity contribution >= 4 is 34.7 Å². The van der Waals surface area contributed by atoms with Gasteiger partial charge in [-0.2, -0.15) is 4.99 Å². The summed E-state index contributed by atoms with van der Waals surface area (Å²) in [6.45, 7) is 3.35. The quantitative estimate of drug-likeness (QED) is 0.467. The summed E-state index contributed by atoms with van der Waals surface area (Å²) in [5.41, 5.74) is 1.31. The second-order valence-electron chi connectivity index (χ2n) is 2.45. The number of benzene rings is 1. The van der Waals surface area contributed by atoms with Crippen LogP contribution in [0.25, 0.3) is 0 Å². The first-order chi connectivity index (χ1) is 6.76. The molecule has 0 radical (unpaired) electrons. The number of nitrogens with one attached hydrogen (secondary N) is 1. The van der Waals surface area contributed by atoms with Gasteiger partial charge >= 0.3 is 0 Å². The van der Waals surface area contributed by atoms with Gasteiger partial charge in [0.05, 0.1) is 10.8 Å². The van der Waals surface area contributed by atoms with Gasteiger partial charge in [-0.15, -0.1) is 0 Å². The minimum absolute atomic E-state index is 0.256. The van der Waals surface area contributed by atoms with Crippen molar-refractivity contribution in [2.75, 3.05) is 5.32 Å². The van der Waals surface area contributed by atoms with E-state index in [9.17, 15) is 4.79 Å². The van der Waals surface area contributed by atoms with Gasteiger partial charge in [-0.25, -0.2) is 0 Å². The number of isothiocyanates is 1. The van der Waals surface area contributed by atoms with Crippen LogP contribution in [-0.2, 0) is 4.79 Å². The van der Waals surface area contributed by atoms with Crippen LogP contribution in [0.4, 0.5) is 11.4 Å². The minimum Gasteiger partial charge on any atom is -0.322 e. The van der Waals surface area contributed by atoms with Crippen molar-refractivity contribution in [3.8, 4) is 0 Å². The van der Waals surface area contributed by atoms with Crippen molar-refractivity contribution in [2.24, 2.45) is 4.99 Å². The van der Waals surface area contributed by atoms with Crippen LogP contribution in [0.5, 0.6) is 0 Å². The van der Waals surface area contributed by atoms with Crippen molar-refractivity contribution in [3.05, 3.63) is 36.9 Å². The van der Waals surface area contributed by atoms with E-state index in [0.29, 0.717) is 11.4 Å². The summed E-state index contributed by atoms with van der Waals surface area (Å²) in [5, 5.41) is 4.87. The molecule has 1 aromatic carbocycles. The Hall–Kier alpha value is -1.77. The number of anilines is 1. The van der Waals surface area contributed by atoms with E-state index >= 15 is 0 Å². The van der Waals surface area contributed by atoms with E-state index in [1.54, 1.807) is 24.3 Å². The van der Waals surface area contributed by atoms with Crippen LogP contribution in [-0.4, -0.2) is 11.1 Å². The highest BCUT2D eigenvalue weighted by molar-refractivity contribution is 7.78. The van der Waals surface area contributed by atoms with E-state index in [4.69, 9.17) is 0 Å². The lowest BCUT2D eigenvalue weighted by Crippen LogP contribution is -2.06. The number of rotatable bonds is 3. The van der Waals surface area contributed by atoms with Gasteiger partial charge in [-0.3, -0.25) is 4.79 Å². The fourth-order valence-corrected chi connectivity index (χ4v) is 1.00. The van der Waals surface area contributed by atoms with Crippen LogP contribution in [0.15, 0.2) is 41.9 Å². The Kier molecular flexibility index (Phi) is 3.73. The van der Waals surface area contributed by atoms with Gasteiger partial charge in [0, 0.05) is 5.69 Å². The van der Waals surface area contributed by atoms with Crippen molar-refractivity contribution in [2.45, 2.75) is 0 Å². The summed E-state index contributed by atoms with van der Waals surface area (Å²) < 4.78 is 0. The number of carbonyl (C=O) groups is 1. The molecular weight excluding hydrogens is 196 g/mol. The summed E-state index contributed by atoms with van der Waals surface area (Å²) in [5.74, 6) is -0.256. The molecule has 1 aromatic rings. The Morgan fingerprint density at radius 2 is 2.43 bits per heavy atom. The summed E-state index contributed by atoms with van der Waals surface area (Å²) in [6.07, 6.45) is 1.20. The second kappa shape index (κ2) is 5.07. The molecule has 0 unspecified atom stereocenters. The monoisotopic (exact) mass is 204 g/mol. The molecule has 1 rings (SSSR count). The molecule has 0 aliphatic rings. The van der Waals surface area contributed by atoms with E-state index in [1.807, 2.05) is 0 Å². The molecule has 0 aromatic heterocycles. The predicted octanol–water partition coefficient (Wildman–Crippen LogP) is 2.55. The third-order valence-electron chi connectivity index (χ3n) is 1.47. The molecule has 70 valence electrons. The summed E-state index contributed by atoms with van der Waals surface area (Å²) in [4.78, 5) is 14.7. The number of thiocarbonyl (C=S) groups is 1. The molecule has 0 saturated carbocycles. The van der Waals surface area contributed by atoms with Gasteiger partial charge in [0.1, 0.15) is 0 Å². The average Bonchev–Trinajstić information content (AvgIpc) is 2.19. The minimum atomic E-state index is -0.256. The molecule has 0 bridgehead atoms.